The van der Waals surface area contributed by atoms with Crippen LogP contribution >= 0.6 is 0 Å². The van der Waals surface area contributed by atoms with Gasteiger partial charge in [0.15, 0.2) is 11.5 Å². The molecule has 0 atom stereocenters. The van der Waals surface area contributed by atoms with Crippen LogP contribution in [0.25, 0.3) is 0 Å². The Hall–Kier alpha value is -1.26. The Morgan fingerprint density at radius 1 is 1.26 bits per heavy atom. The first kappa shape index (κ1) is 14.2. The minimum absolute atomic E-state index is 0.248. The number of rotatable bonds is 7. The van der Waals surface area contributed by atoms with Crippen LogP contribution in [0, 0.1) is 0 Å². The van der Waals surface area contributed by atoms with Crippen molar-refractivity contribution < 1.29 is 14.6 Å². The van der Waals surface area contributed by atoms with E-state index in [1.54, 1.807) is 6.07 Å². The molecular formula is C15H23NO3. The summed E-state index contributed by atoms with van der Waals surface area (Å²) in [5.74, 6) is 0.806. The maximum absolute atomic E-state index is 10.1. The zero-order chi connectivity index (χ0) is 13.7. The molecule has 2 N–H and O–H groups in total. The van der Waals surface area contributed by atoms with Crippen molar-refractivity contribution in [3.63, 3.8) is 0 Å². The molecule has 0 aromatic heterocycles. The van der Waals surface area contributed by atoms with Gasteiger partial charge in [0.25, 0.3) is 0 Å². The first-order chi connectivity index (χ1) is 9.24. The summed E-state index contributed by atoms with van der Waals surface area (Å²) < 4.78 is 10.9. The smallest absolute Gasteiger partial charge is 0.162 e. The van der Waals surface area contributed by atoms with Crippen molar-refractivity contribution in [3.8, 4) is 11.5 Å². The Morgan fingerprint density at radius 2 is 2.05 bits per heavy atom. The van der Waals surface area contributed by atoms with Crippen molar-refractivity contribution in [2.75, 3.05) is 13.2 Å². The lowest BCUT2D eigenvalue weighted by molar-refractivity contribution is -0.0102. The van der Waals surface area contributed by atoms with E-state index in [0.29, 0.717) is 31.0 Å². The van der Waals surface area contributed by atoms with E-state index in [9.17, 15) is 5.11 Å². The molecule has 0 radical (unpaired) electrons. The lowest BCUT2D eigenvalue weighted by atomic mass is 9.89. The lowest BCUT2D eigenvalue weighted by Gasteiger charge is -2.35. The maximum Gasteiger partial charge on any atom is 0.162 e. The van der Waals surface area contributed by atoms with Gasteiger partial charge >= 0.3 is 0 Å². The molecular weight excluding hydrogens is 242 g/mol. The van der Waals surface area contributed by atoms with Crippen molar-refractivity contribution in [1.82, 2.24) is 5.32 Å². The van der Waals surface area contributed by atoms with E-state index in [0.717, 1.165) is 25.0 Å². The predicted molar refractivity (Wildman–Crippen MR) is 74.6 cm³/mol. The van der Waals surface area contributed by atoms with Crippen LogP contribution in [0.2, 0.25) is 0 Å². The highest BCUT2D eigenvalue weighted by atomic mass is 16.5. The van der Waals surface area contributed by atoms with Crippen LogP contribution in [0.4, 0.5) is 0 Å². The highest BCUT2D eigenvalue weighted by Crippen LogP contribution is 2.30. The summed E-state index contributed by atoms with van der Waals surface area (Å²) in [6, 6.07) is 6.11. The largest absolute Gasteiger partial charge is 0.504 e. The van der Waals surface area contributed by atoms with Crippen LogP contribution in [0.3, 0.4) is 0 Å². The van der Waals surface area contributed by atoms with Crippen LogP contribution in [0.1, 0.15) is 32.3 Å². The van der Waals surface area contributed by atoms with Gasteiger partial charge in [0.05, 0.1) is 12.7 Å². The van der Waals surface area contributed by atoms with E-state index in [-0.39, 0.29) is 5.75 Å². The molecule has 0 spiro atoms. The molecule has 1 saturated carbocycles. The summed E-state index contributed by atoms with van der Waals surface area (Å²) in [6.07, 6.45) is 2.52. The SMILES string of the molecule is CCOc1cccc(CNC2CC(OCC)C2)c1O. The van der Waals surface area contributed by atoms with Crippen molar-refractivity contribution in [2.24, 2.45) is 0 Å². The van der Waals surface area contributed by atoms with E-state index in [1.165, 1.54) is 0 Å². The average Bonchev–Trinajstić information content (AvgIpc) is 2.36. The number of hydrogen-bond acceptors (Lipinski definition) is 4. The summed E-state index contributed by atoms with van der Waals surface area (Å²) in [6.45, 7) is 5.94. The van der Waals surface area contributed by atoms with Crippen molar-refractivity contribution in [3.05, 3.63) is 23.8 Å². The molecule has 1 fully saturated rings. The Balaban J connectivity index is 1.82. The first-order valence-corrected chi connectivity index (χ1v) is 7.03. The molecule has 0 heterocycles. The number of phenolic OH excluding ortho intramolecular Hbond substituents is 1. The Bertz CT molecular complexity index is 402. The Kier molecular flexibility index (Phi) is 5.05. The maximum atomic E-state index is 10.1. The lowest BCUT2D eigenvalue weighted by Crippen LogP contribution is -2.45. The second-order valence-corrected chi connectivity index (χ2v) is 4.82. The fraction of sp³-hybridized carbons (Fsp3) is 0.600. The van der Waals surface area contributed by atoms with Crippen LogP contribution in [-0.2, 0) is 11.3 Å². The molecule has 106 valence electrons. The highest BCUT2D eigenvalue weighted by Gasteiger charge is 2.29. The fourth-order valence-corrected chi connectivity index (χ4v) is 2.34. The van der Waals surface area contributed by atoms with Crippen molar-refractivity contribution in [2.45, 2.75) is 45.4 Å². The van der Waals surface area contributed by atoms with E-state index in [4.69, 9.17) is 9.47 Å². The van der Waals surface area contributed by atoms with Gasteiger partial charge in [0.1, 0.15) is 0 Å². The molecule has 1 aromatic rings. The molecule has 2 rings (SSSR count). The molecule has 0 saturated heterocycles. The number of hydrogen-bond donors (Lipinski definition) is 2. The van der Waals surface area contributed by atoms with Gasteiger partial charge in [-0.2, -0.15) is 0 Å². The zero-order valence-electron chi connectivity index (χ0n) is 11.7. The second kappa shape index (κ2) is 6.78. The molecule has 1 aliphatic rings. The van der Waals surface area contributed by atoms with E-state index in [2.05, 4.69) is 5.32 Å². The second-order valence-electron chi connectivity index (χ2n) is 4.82. The fourth-order valence-electron chi connectivity index (χ4n) is 2.34. The first-order valence-electron chi connectivity index (χ1n) is 7.03. The van der Waals surface area contributed by atoms with Gasteiger partial charge in [0.2, 0.25) is 0 Å². The molecule has 0 bridgehead atoms. The van der Waals surface area contributed by atoms with Crippen LogP contribution in [0.5, 0.6) is 11.5 Å². The van der Waals surface area contributed by atoms with Gasteiger partial charge in [-0.15, -0.1) is 0 Å². The molecule has 4 heteroatoms. The minimum Gasteiger partial charge on any atom is -0.504 e. The molecule has 4 nitrogen and oxygen atoms in total. The number of phenols is 1. The van der Waals surface area contributed by atoms with Crippen molar-refractivity contribution in [1.29, 1.82) is 0 Å². The molecule has 0 aliphatic heterocycles. The Labute approximate surface area is 114 Å². The van der Waals surface area contributed by atoms with Crippen LogP contribution in [0.15, 0.2) is 18.2 Å². The standard InChI is InChI=1S/C15H23NO3/c1-3-18-13-8-12(9-13)16-10-11-6-5-7-14(15(11)17)19-4-2/h5-7,12-13,16-17H,3-4,8-10H2,1-2H3. The summed E-state index contributed by atoms with van der Waals surface area (Å²) in [5.41, 5.74) is 0.880. The van der Waals surface area contributed by atoms with Gasteiger partial charge in [-0.1, -0.05) is 12.1 Å². The third kappa shape index (κ3) is 3.61. The van der Waals surface area contributed by atoms with Gasteiger partial charge in [-0.3, -0.25) is 0 Å². The van der Waals surface area contributed by atoms with Crippen LogP contribution in [-0.4, -0.2) is 30.5 Å². The topological polar surface area (TPSA) is 50.7 Å². The number of nitrogens with one attached hydrogen (secondary N) is 1. The van der Waals surface area contributed by atoms with Gasteiger partial charge in [-0.25, -0.2) is 0 Å². The minimum atomic E-state index is 0.248. The number of aromatic hydroxyl groups is 1. The molecule has 1 aliphatic carbocycles. The van der Waals surface area contributed by atoms with E-state index in [1.807, 2.05) is 26.0 Å². The van der Waals surface area contributed by atoms with Gasteiger partial charge < -0.3 is 19.9 Å². The average molecular weight is 265 g/mol. The summed E-state index contributed by atoms with van der Waals surface area (Å²) >= 11 is 0. The van der Waals surface area contributed by atoms with E-state index < -0.39 is 0 Å². The summed E-state index contributed by atoms with van der Waals surface area (Å²) in [7, 11) is 0. The molecule has 0 unspecified atom stereocenters. The Morgan fingerprint density at radius 3 is 2.74 bits per heavy atom. The van der Waals surface area contributed by atoms with Crippen molar-refractivity contribution >= 4 is 0 Å². The molecule has 1 aromatic carbocycles. The van der Waals surface area contributed by atoms with Crippen LogP contribution < -0.4 is 10.1 Å². The monoisotopic (exact) mass is 265 g/mol. The normalized spacial score (nSPS) is 22.0. The molecule has 0 amide bonds. The van der Waals surface area contributed by atoms with E-state index >= 15 is 0 Å². The van der Waals surface area contributed by atoms with Gasteiger partial charge in [-0.05, 0) is 32.8 Å². The third-order valence-corrected chi connectivity index (χ3v) is 3.46. The summed E-state index contributed by atoms with van der Waals surface area (Å²) in [5, 5.41) is 13.5. The number of para-hydroxylation sites is 1. The number of ether oxygens (including phenoxy) is 2. The van der Waals surface area contributed by atoms with Gasteiger partial charge in [0, 0.05) is 24.8 Å². The quantitative estimate of drug-likeness (QED) is 0.795. The predicted octanol–water partition coefficient (Wildman–Crippen LogP) is 2.45. The highest BCUT2D eigenvalue weighted by molar-refractivity contribution is 5.45. The zero-order valence-corrected chi connectivity index (χ0v) is 11.7. The third-order valence-electron chi connectivity index (χ3n) is 3.46. The summed E-state index contributed by atoms with van der Waals surface area (Å²) in [4.78, 5) is 0. The molecule has 19 heavy (non-hydrogen) atoms. The number of benzene rings is 1.